The third-order valence-corrected chi connectivity index (χ3v) is 4.27. The fourth-order valence-electron chi connectivity index (χ4n) is 2.75. The second-order valence-corrected chi connectivity index (χ2v) is 6.16. The number of halogens is 1. The van der Waals surface area contributed by atoms with Crippen molar-refractivity contribution in [2.75, 3.05) is 25.6 Å². The third kappa shape index (κ3) is 2.88. The molecule has 2 aliphatic rings. The second-order valence-electron chi connectivity index (χ2n) is 5.25. The summed E-state index contributed by atoms with van der Waals surface area (Å²) in [6.45, 7) is 2.19. The van der Waals surface area contributed by atoms with Crippen molar-refractivity contribution in [3.63, 3.8) is 0 Å². The van der Waals surface area contributed by atoms with Gasteiger partial charge in [0.05, 0.1) is 24.5 Å². The van der Waals surface area contributed by atoms with Crippen molar-refractivity contribution in [1.29, 1.82) is 0 Å². The zero-order valence-corrected chi connectivity index (χ0v) is 12.3. The number of benzene rings is 1. The second kappa shape index (κ2) is 5.31. The molecule has 1 aromatic rings. The Balaban J connectivity index is 1.69. The van der Waals surface area contributed by atoms with E-state index in [0.29, 0.717) is 12.3 Å². The summed E-state index contributed by atoms with van der Waals surface area (Å²) in [5.74, 6) is 0.754. The molecular formula is C14H18BrNO3. The van der Waals surface area contributed by atoms with Crippen molar-refractivity contribution >= 4 is 21.6 Å². The van der Waals surface area contributed by atoms with Gasteiger partial charge in [0.2, 0.25) is 0 Å². The minimum atomic E-state index is -0.132. The van der Waals surface area contributed by atoms with Crippen LogP contribution < -0.4 is 10.5 Å². The van der Waals surface area contributed by atoms with Crippen LogP contribution in [0.25, 0.3) is 0 Å². The van der Waals surface area contributed by atoms with E-state index in [1.165, 1.54) is 0 Å². The van der Waals surface area contributed by atoms with Crippen LogP contribution in [-0.2, 0) is 9.47 Å². The Morgan fingerprint density at radius 2 is 2.26 bits per heavy atom. The van der Waals surface area contributed by atoms with E-state index >= 15 is 0 Å². The van der Waals surface area contributed by atoms with E-state index in [1.807, 2.05) is 18.2 Å². The maximum absolute atomic E-state index is 6.05. The molecule has 3 rings (SSSR count). The van der Waals surface area contributed by atoms with E-state index < -0.39 is 0 Å². The van der Waals surface area contributed by atoms with Crippen molar-refractivity contribution < 1.29 is 14.2 Å². The van der Waals surface area contributed by atoms with Crippen molar-refractivity contribution in [2.24, 2.45) is 0 Å². The molecule has 1 spiro atoms. The molecular weight excluding hydrogens is 310 g/mol. The normalized spacial score (nSPS) is 30.7. The van der Waals surface area contributed by atoms with E-state index in [9.17, 15) is 0 Å². The monoisotopic (exact) mass is 327 g/mol. The Hall–Kier alpha value is -0.780. The fraction of sp³-hybridized carbons (Fsp3) is 0.571. The molecule has 2 fully saturated rings. The van der Waals surface area contributed by atoms with E-state index in [1.54, 1.807) is 0 Å². The summed E-state index contributed by atoms with van der Waals surface area (Å²) in [4.78, 5) is 0. The minimum absolute atomic E-state index is 0.132. The lowest BCUT2D eigenvalue weighted by Crippen LogP contribution is -2.44. The summed E-state index contributed by atoms with van der Waals surface area (Å²) < 4.78 is 18.4. The predicted molar refractivity (Wildman–Crippen MR) is 76.3 cm³/mol. The highest BCUT2D eigenvalue weighted by Gasteiger charge is 2.41. The van der Waals surface area contributed by atoms with Crippen LogP contribution in [0.3, 0.4) is 0 Å². The molecule has 2 aliphatic heterocycles. The molecule has 0 amide bonds. The molecule has 2 N–H and O–H groups in total. The average molecular weight is 328 g/mol. The first-order chi connectivity index (χ1) is 9.17. The van der Waals surface area contributed by atoms with Gasteiger partial charge in [-0.15, -0.1) is 0 Å². The summed E-state index contributed by atoms with van der Waals surface area (Å²) in [5.41, 5.74) is 6.51. The highest BCUT2D eigenvalue weighted by atomic mass is 79.9. The number of hydrogen-bond donors (Lipinski definition) is 1. The summed E-state index contributed by atoms with van der Waals surface area (Å²) in [7, 11) is 0. The Bertz CT molecular complexity index is 460. The molecule has 2 saturated heterocycles. The fourth-order valence-corrected chi connectivity index (χ4v) is 3.13. The van der Waals surface area contributed by atoms with E-state index in [4.69, 9.17) is 19.9 Å². The summed E-state index contributed by atoms with van der Waals surface area (Å²) >= 11 is 3.40. The smallest absolute Gasteiger partial charge is 0.142 e. The van der Waals surface area contributed by atoms with Gasteiger partial charge in [-0.3, -0.25) is 0 Å². The maximum Gasteiger partial charge on any atom is 0.142 e. The molecule has 2 unspecified atom stereocenters. The number of ether oxygens (including phenoxy) is 3. The van der Waals surface area contributed by atoms with Gasteiger partial charge in [-0.05, 0) is 18.2 Å². The van der Waals surface area contributed by atoms with Crippen molar-refractivity contribution in [1.82, 2.24) is 0 Å². The highest BCUT2D eigenvalue weighted by molar-refractivity contribution is 9.10. The number of nitrogens with two attached hydrogens (primary N) is 1. The summed E-state index contributed by atoms with van der Waals surface area (Å²) in [5, 5.41) is 0. The molecule has 1 aromatic carbocycles. The van der Waals surface area contributed by atoms with Crippen LogP contribution in [0, 0.1) is 0 Å². The molecule has 4 nitrogen and oxygen atoms in total. The number of hydrogen-bond acceptors (Lipinski definition) is 4. The lowest BCUT2D eigenvalue weighted by molar-refractivity contribution is -0.112. The SMILES string of the molecule is Nc1cc(Br)ccc1OC1CCOC2(CCOC2)C1. The summed E-state index contributed by atoms with van der Waals surface area (Å²) in [6, 6.07) is 5.72. The highest BCUT2D eigenvalue weighted by Crippen LogP contribution is 2.35. The molecule has 0 saturated carbocycles. The minimum Gasteiger partial charge on any atom is -0.488 e. The Labute approximate surface area is 121 Å². The van der Waals surface area contributed by atoms with Gasteiger partial charge in [-0.25, -0.2) is 0 Å². The van der Waals surface area contributed by atoms with E-state index in [0.717, 1.165) is 42.7 Å². The Morgan fingerprint density at radius 1 is 1.37 bits per heavy atom. The lowest BCUT2D eigenvalue weighted by atomic mass is 9.91. The topological polar surface area (TPSA) is 53.7 Å². The Morgan fingerprint density at radius 3 is 3.00 bits per heavy atom. The maximum atomic E-state index is 6.05. The molecule has 0 bridgehead atoms. The third-order valence-electron chi connectivity index (χ3n) is 3.78. The zero-order valence-electron chi connectivity index (χ0n) is 10.7. The molecule has 0 aromatic heterocycles. The van der Waals surface area contributed by atoms with E-state index in [2.05, 4.69) is 15.9 Å². The lowest BCUT2D eigenvalue weighted by Gasteiger charge is -2.37. The van der Waals surface area contributed by atoms with Crippen LogP contribution in [0.2, 0.25) is 0 Å². The Kier molecular flexibility index (Phi) is 3.69. The first-order valence-corrected chi connectivity index (χ1v) is 7.40. The molecule has 5 heteroatoms. The van der Waals surface area contributed by atoms with Crippen LogP contribution in [0.1, 0.15) is 19.3 Å². The molecule has 2 atom stereocenters. The van der Waals surface area contributed by atoms with Crippen LogP contribution in [0.4, 0.5) is 5.69 Å². The van der Waals surface area contributed by atoms with Crippen molar-refractivity contribution in [2.45, 2.75) is 31.0 Å². The molecule has 104 valence electrons. The first kappa shape index (κ1) is 13.2. The summed E-state index contributed by atoms with van der Waals surface area (Å²) in [6.07, 6.45) is 2.89. The molecule has 0 radical (unpaired) electrons. The van der Waals surface area contributed by atoms with E-state index in [-0.39, 0.29) is 11.7 Å². The molecule has 2 heterocycles. The van der Waals surface area contributed by atoms with Gasteiger partial charge in [-0.1, -0.05) is 15.9 Å². The van der Waals surface area contributed by atoms with Crippen molar-refractivity contribution in [3.8, 4) is 5.75 Å². The largest absolute Gasteiger partial charge is 0.488 e. The first-order valence-electron chi connectivity index (χ1n) is 6.60. The molecule has 0 aliphatic carbocycles. The molecule has 19 heavy (non-hydrogen) atoms. The van der Waals surface area contributed by atoms with Crippen LogP contribution in [0.15, 0.2) is 22.7 Å². The standard InChI is InChI=1S/C14H18BrNO3/c15-10-1-2-13(12(16)7-10)19-11-3-5-18-14(8-11)4-6-17-9-14/h1-2,7,11H,3-6,8-9,16H2. The number of rotatable bonds is 2. The van der Waals surface area contributed by atoms with Crippen LogP contribution in [-0.4, -0.2) is 31.5 Å². The van der Waals surface area contributed by atoms with Gasteiger partial charge in [0, 0.05) is 30.3 Å². The van der Waals surface area contributed by atoms with Crippen molar-refractivity contribution in [3.05, 3.63) is 22.7 Å². The number of nitrogen functional groups attached to an aromatic ring is 1. The average Bonchev–Trinajstić information content (AvgIpc) is 2.81. The van der Waals surface area contributed by atoms with Gasteiger partial charge < -0.3 is 19.9 Å². The predicted octanol–water partition coefficient (Wildman–Crippen LogP) is 2.75. The van der Waals surface area contributed by atoms with Gasteiger partial charge in [0.15, 0.2) is 0 Å². The van der Waals surface area contributed by atoms with Gasteiger partial charge >= 0.3 is 0 Å². The van der Waals surface area contributed by atoms with Crippen LogP contribution >= 0.6 is 15.9 Å². The van der Waals surface area contributed by atoms with Gasteiger partial charge in [-0.2, -0.15) is 0 Å². The zero-order chi connectivity index (χ0) is 13.3. The van der Waals surface area contributed by atoms with Gasteiger partial charge in [0.25, 0.3) is 0 Å². The van der Waals surface area contributed by atoms with Crippen LogP contribution in [0.5, 0.6) is 5.75 Å². The van der Waals surface area contributed by atoms with Gasteiger partial charge in [0.1, 0.15) is 11.9 Å². The quantitative estimate of drug-likeness (QED) is 0.848. The number of anilines is 1.